The fourth-order valence-electron chi connectivity index (χ4n) is 2.32. The fourth-order valence-corrected chi connectivity index (χ4v) is 2.32. The van der Waals surface area contributed by atoms with Gasteiger partial charge in [-0.1, -0.05) is 13.0 Å². The van der Waals surface area contributed by atoms with E-state index in [0.29, 0.717) is 12.1 Å². The molecule has 5 heteroatoms. The topological polar surface area (TPSA) is 67.8 Å². The summed E-state index contributed by atoms with van der Waals surface area (Å²) < 4.78 is 0. The van der Waals surface area contributed by atoms with Crippen molar-refractivity contribution in [3.63, 3.8) is 0 Å². The van der Waals surface area contributed by atoms with E-state index in [-0.39, 0.29) is 5.91 Å². The van der Waals surface area contributed by atoms with Crippen LogP contribution in [-0.4, -0.2) is 20.9 Å². The molecule has 0 aliphatic carbocycles. The second kappa shape index (κ2) is 6.30. The standard InChI is InChI=1S/C17H16N4O/c1-2-12-8-13-4-3-5-20-16(13)15(9-12)17(22)21-11-14-10-18-6-7-19-14/h3-10H,2,11H2,1H3,(H,21,22). The number of aryl methyl sites for hydroxylation is 1. The van der Waals surface area contributed by atoms with Crippen LogP contribution in [0, 0.1) is 0 Å². The van der Waals surface area contributed by atoms with Crippen molar-refractivity contribution in [3.05, 3.63) is 65.9 Å². The lowest BCUT2D eigenvalue weighted by Crippen LogP contribution is -2.24. The fraction of sp³-hybridized carbons (Fsp3) is 0.176. The number of rotatable bonds is 4. The van der Waals surface area contributed by atoms with Gasteiger partial charge in [0.25, 0.3) is 5.91 Å². The van der Waals surface area contributed by atoms with E-state index in [9.17, 15) is 4.79 Å². The van der Waals surface area contributed by atoms with Gasteiger partial charge in [0.05, 0.1) is 29.5 Å². The number of fused-ring (bicyclic) bond motifs is 1. The van der Waals surface area contributed by atoms with E-state index >= 15 is 0 Å². The molecule has 1 N–H and O–H groups in total. The number of nitrogens with zero attached hydrogens (tertiary/aromatic N) is 3. The molecule has 0 saturated heterocycles. The van der Waals surface area contributed by atoms with Crippen LogP contribution >= 0.6 is 0 Å². The Balaban J connectivity index is 1.89. The van der Waals surface area contributed by atoms with E-state index in [2.05, 4.69) is 33.3 Å². The zero-order chi connectivity index (χ0) is 15.4. The van der Waals surface area contributed by atoms with E-state index in [1.165, 1.54) is 0 Å². The van der Waals surface area contributed by atoms with Gasteiger partial charge in [0.1, 0.15) is 0 Å². The molecule has 0 spiro atoms. The number of pyridine rings is 1. The van der Waals surface area contributed by atoms with Gasteiger partial charge in [-0.05, 0) is 30.2 Å². The molecule has 0 radical (unpaired) electrons. The molecule has 22 heavy (non-hydrogen) atoms. The van der Waals surface area contributed by atoms with Crippen LogP contribution in [0.3, 0.4) is 0 Å². The third-order valence-electron chi connectivity index (χ3n) is 3.46. The quantitative estimate of drug-likeness (QED) is 0.802. The average Bonchev–Trinajstić information content (AvgIpc) is 2.59. The smallest absolute Gasteiger partial charge is 0.253 e. The monoisotopic (exact) mass is 292 g/mol. The summed E-state index contributed by atoms with van der Waals surface area (Å²) in [5, 5.41) is 3.86. The number of nitrogens with one attached hydrogen (secondary N) is 1. The summed E-state index contributed by atoms with van der Waals surface area (Å²) in [5.74, 6) is -0.148. The number of carbonyl (C=O) groups is 1. The Hall–Kier alpha value is -2.82. The summed E-state index contributed by atoms with van der Waals surface area (Å²) in [6.07, 6.45) is 7.42. The van der Waals surface area contributed by atoms with Crippen molar-refractivity contribution in [1.29, 1.82) is 0 Å². The molecule has 0 aliphatic rings. The summed E-state index contributed by atoms with van der Waals surface area (Å²) in [7, 11) is 0. The molecular formula is C17H16N4O. The number of hydrogen-bond donors (Lipinski definition) is 1. The van der Waals surface area contributed by atoms with Gasteiger partial charge < -0.3 is 5.32 Å². The molecule has 3 aromatic rings. The summed E-state index contributed by atoms with van der Waals surface area (Å²) >= 11 is 0. The first-order chi connectivity index (χ1) is 10.8. The molecule has 1 amide bonds. The van der Waals surface area contributed by atoms with Crippen molar-refractivity contribution in [2.45, 2.75) is 19.9 Å². The highest BCUT2D eigenvalue weighted by atomic mass is 16.1. The summed E-state index contributed by atoms with van der Waals surface area (Å²) in [4.78, 5) is 25.0. The van der Waals surface area contributed by atoms with Crippen LogP contribution in [0.15, 0.2) is 49.1 Å². The van der Waals surface area contributed by atoms with Gasteiger partial charge in [0, 0.05) is 24.0 Å². The predicted molar refractivity (Wildman–Crippen MR) is 84.3 cm³/mol. The normalized spacial score (nSPS) is 10.6. The van der Waals surface area contributed by atoms with Crippen LogP contribution in [0.1, 0.15) is 28.5 Å². The third kappa shape index (κ3) is 2.93. The molecule has 0 unspecified atom stereocenters. The van der Waals surface area contributed by atoms with Gasteiger partial charge in [-0.2, -0.15) is 0 Å². The van der Waals surface area contributed by atoms with E-state index in [1.54, 1.807) is 24.8 Å². The SMILES string of the molecule is CCc1cc(C(=O)NCc2cnccn2)c2ncccc2c1. The number of carbonyl (C=O) groups excluding carboxylic acids is 1. The molecule has 0 atom stereocenters. The average molecular weight is 292 g/mol. The second-order valence-electron chi connectivity index (χ2n) is 4.95. The predicted octanol–water partition coefficient (Wildman–Crippen LogP) is 2.52. The molecule has 0 saturated carbocycles. The van der Waals surface area contributed by atoms with E-state index < -0.39 is 0 Å². The summed E-state index contributed by atoms with van der Waals surface area (Å²) in [6.45, 7) is 2.41. The lowest BCUT2D eigenvalue weighted by Gasteiger charge is -2.09. The van der Waals surface area contributed by atoms with Crippen molar-refractivity contribution in [2.24, 2.45) is 0 Å². The Bertz CT molecular complexity index is 802. The van der Waals surface area contributed by atoms with Crippen LogP contribution < -0.4 is 5.32 Å². The Morgan fingerprint density at radius 1 is 1.18 bits per heavy atom. The van der Waals surface area contributed by atoms with Crippen molar-refractivity contribution in [1.82, 2.24) is 20.3 Å². The van der Waals surface area contributed by atoms with Crippen molar-refractivity contribution in [3.8, 4) is 0 Å². The summed E-state index contributed by atoms with van der Waals surface area (Å²) in [5.41, 5.74) is 3.15. The minimum Gasteiger partial charge on any atom is -0.346 e. The Morgan fingerprint density at radius 3 is 2.86 bits per heavy atom. The van der Waals surface area contributed by atoms with Crippen molar-refractivity contribution in [2.75, 3.05) is 0 Å². The minimum atomic E-state index is -0.148. The molecule has 110 valence electrons. The maximum Gasteiger partial charge on any atom is 0.253 e. The molecule has 0 bridgehead atoms. The van der Waals surface area contributed by atoms with E-state index in [1.807, 2.05) is 18.2 Å². The Kier molecular flexibility index (Phi) is 4.05. The number of amides is 1. The van der Waals surface area contributed by atoms with Gasteiger partial charge >= 0.3 is 0 Å². The van der Waals surface area contributed by atoms with Crippen molar-refractivity contribution >= 4 is 16.8 Å². The first kappa shape index (κ1) is 14.1. The highest BCUT2D eigenvalue weighted by Crippen LogP contribution is 2.19. The van der Waals surface area contributed by atoms with Crippen LogP contribution in [-0.2, 0) is 13.0 Å². The first-order valence-electron chi connectivity index (χ1n) is 7.18. The van der Waals surface area contributed by atoms with Gasteiger partial charge in [-0.15, -0.1) is 0 Å². The molecule has 2 heterocycles. The highest BCUT2D eigenvalue weighted by Gasteiger charge is 2.12. The second-order valence-corrected chi connectivity index (χ2v) is 4.95. The van der Waals surface area contributed by atoms with Gasteiger partial charge in [0.15, 0.2) is 0 Å². The molecule has 3 rings (SSSR count). The van der Waals surface area contributed by atoms with Gasteiger partial charge in [0.2, 0.25) is 0 Å². The molecule has 2 aromatic heterocycles. The maximum absolute atomic E-state index is 12.5. The van der Waals surface area contributed by atoms with Gasteiger partial charge in [-0.3, -0.25) is 19.7 Å². The molecular weight excluding hydrogens is 276 g/mol. The van der Waals surface area contributed by atoms with Gasteiger partial charge in [-0.25, -0.2) is 0 Å². The summed E-state index contributed by atoms with van der Waals surface area (Å²) in [6, 6.07) is 7.83. The zero-order valence-electron chi connectivity index (χ0n) is 12.3. The number of hydrogen-bond acceptors (Lipinski definition) is 4. The lowest BCUT2D eigenvalue weighted by atomic mass is 10.0. The number of aromatic nitrogens is 3. The molecule has 5 nitrogen and oxygen atoms in total. The largest absolute Gasteiger partial charge is 0.346 e. The van der Waals surface area contributed by atoms with Crippen LogP contribution in [0.4, 0.5) is 0 Å². The molecule has 1 aromatic carbocycles. The number of benzene rings is 1. The molecule has 0 aliphatic heterocycles. The lowest BCUT2D eigenvalue weighted by molar-refractivity contribution is 0.0952. The Morgan fingerprint density at radius 2 is 2.09 bits per heavy atom. The third-order valence-corrected chi connectivity index (χ3v) is 3.46. The zero-order valence-corrected chi connectivity index (χ0v) is 12.3. The van der Waals surface area contributed by atoms with Crippen LogP contribution in [0.25, 0.3) is 10.9 Å². The van der Waals surface area contributed by atoms with E-state index in [0.717, 1.165) is 28.6 Å². The van der Waals surface area contributed by atoms with E-state index in [4.69, 9.17) is 0 Å². The first-order valence-corrected chi connectivity index (χ1v) is 7.18. The minimum absolute atomic E-state index is 0.148. The Labute approximate surface area is 128 Å². The maximum atomic E-state index is 12.5. The van der Waals surface area contributed by atoms with Crippen molar-refractivity contribution < 1.29 is 4.79 Å². The molecule has 0 fully saturated rings. The highest BCUT2D eigenvalue weighted by molar-refractivity contribution is 6.05. The van der Waals surface area contributed by atoms with Crippen LogP contribution in [0.2, 0.25) is 0 Å². The van der Waals surface area contributed by atoms with Crippen LogP contribution in [0.5, 0.6) is 0 Å².